The molecule has 0 radical (unpaired) electrons. The van der Waals surface area contributed by atoms with E-state index in [-0.39, 0.29) is 58.0 Å². The first kappa shape index (κ1) is 25.7. The fourth-order valence-corrected chi connectivity index (χ4v) is 3.51. The van der Waals surface area contributed by atoms with Crippen molar-refractivity contribution in [2.75, 3.05) is 6.61 Å². The molecule has 0 aromatic rings. The Labute approximate surface area is 180 Å². The van der Waals surface area contributed by atoms with E-state index in [1.807, 2.05) is 0 Å². The molecule has 22 heavy (non-hydrogen) atoms. The van der Waals surface area contributed by atoms with Crippen LogP contribution >= 0.6 is 0 Å². The maximum absolute atomic E-state index is 11.3. The molecule has 0 saturated heterocycles. The van der Waals surface area contributed by atoms with E-state index < -0.39 is 15.4 Å². The summed E-state index contributed by atoms with van der Waals surface area (Å²) in [5, 5.41) is 7.98. The predicted octanol–water partition coefficient (Wildman–Crippen LogP) is 0.988. The molecule has 0 spiro atoms. The van der Waals surface area contributed by atoms with Crippen molar-refractivity contribution in [1.82, 2.24) is 0 Å². The maximum atomic E-state index is 11.3. The summed E-state index contributed by atoms with van der Waals surface area (Å²) in [6.07, 6.45) is 12.2. The first-order chi connectivity index (χ1) is 10.0. The van der Waals surface area contributed by atoms with Gasteiger partial charge in [0, 0.05) is 11.9 Å². The number of rotatable bonds is 15. The molecule has 1 unspecified atom stereocenters. The van der Waals surface area contributed by atoms with Crippen LogP contribution in [-0.2, 0) is 10.1 Å². The molecule has 128 valence electrons. The van der Waals surface area contributed by atoms with E-state index in [2.05, 4.69) is 6.92 Å². The van der Waals surface area contributed by atoms with Crippen molar-refractivity contribution < 1.29 is 69.5 Å². The molecule has 6 heteroatoms. The Morgan fingerprint density at radius 3 is 1.64 bits per heavy atom. The van der Waals surface area contributed by atoms with Crippen molar-refractivity contribution in [3.8, 4) is 0 Å². The standard InChI is InChI=1S/C16H34O4S.K/c1-2-3-4-7-10-13-16(21(18,19)20)14-11-8-5-6-9-12-15-17;/h16-17H,2-15H2,1H3,(H,18,19,20);/q;+1/p-1. The van der Waals surface area contributed by atoms with Gasteiger partial charge in [-0.25, -0.2) is 8.42 Å². The number of hydrogen-bond acceptors (Lipinski definition) is 4. The summed E-state index contributed by atoms with van der Waals surface area (Å²) in [7, 11) is -4.14. The Balaban J connectivity index is 0. The average molecular weight is 361 g/mol. The Morgan fingerprint density at radius 1 is 0.818 bits per heavy atom. The number of aliphatic hydroxyl groups excluding tert-OH is 1. The molecule has 0 aliphatic carbocycles. The van der Waals surface area contributed by atoms with Gasteiger partial charge >= 0.3 is 51.4 Å². The molecule has 0 fully saturated rings. The second kappa shape index (κ2) is 17.3. The molecule has 4 nitrogen and oxygen atoms in total. The Kier molecular flexibility index (Phi) is 20.3. The van der Waals surface area contributed by atoms with E-state index in [4.69, 9.17) is 5.11 Å². The third-order valence-corrected chi connectivity index (χ3v) is 5.26. The fourth-order valence-electron chi connectivity index (χ4n) is 2.60. The smallest absolute Gasteiger partial charge is 0.748 e. The average Bonchev–Trinajstić information content (AvgIpc) is 2.42. The molecule has 0 aliphatic heterocycles. The van der Waals surface area contributed by atoms with Crippen LogP contribution in [0.25, 0.3) is 0 Å². The maximum Gasteiger partial charge on any atom is 1.00 e. The van der Waals surface area contributed by atoms with E-state index >= 15 is 0 Å². The zero-order valence-electron chi connectivity index (χ0n) is 14.6. The van der Waals surface area contributed by atoms with Gasteiger partial charge in [0.1, 0.15) is 0 Å². The second-order valence-electron chi connectivity index (χ2n) is 5.95. The molecule has 0 amide bonds. The van der Waals surface area contributed by atoms with Crippen LogP contribution in [0.3, 0.4) is 0 Å². The molecule has 0 aromatic carbocycles. The van der Waals surface area contributed by atoms with Crippen LogP contribution < -0.4 is 51.4 Å². The molecule has 0 saturated carbocycles. The van der Waals surface area contributed by atoms with E-state index in [0.29, 0.717) is 12.8 Å². The number of hydrogen-bond donors (Lipinski definition) is 1. The van der Waals surface area contributed by atoms with Gasteiger partial charge in [0.15, 0.2) is 0 Å². The van der Waals surface area contributed by atoms with Crippen molar-refractivity contribution in [2.24, 2.45) is 0 Å². The van der Waals surface area contributed by atoms with E-state index in [9.17, 15) is 13.0 Å². The molecule has 0 aromatic heterocycles. The van der Waals surface area contributed by atoms with Gasteiger partial charge < -0.3 is 9.66 Å². The first-order valence-electron chi connectivity index (χ1n) is 8.58. The Morgan fingerprint density at radius 2 is 1.23 bits per heavy atom. The minimum Gasteiger partial charge on any atom is -0.748 e. The molecular weight excluding hydrogens is 327 g/mol. The van der Waals surface area contributed by atoms with E-state index in [1.54, 1.807) is 0 Å². The van der Waals surface area contributed by atoms with Crippen molar-refractivity contribution in [1.29, 1.82) is 0 Å². The Hall–Kier alpha value is 1.51. The minimum atomic E-state index is -4.14. The summed E-state index contributed by atoms with van der Waals surface area (Å²) in [4.78, 5) is 0. The quantitative estimate of drug-likeness (QED) is 0.268. The summed E-state index contributed by atoms with van der Waals surface area (Å²) in [5.41, 5.74) is 0. The molecule has 1 atom stereocenters. The van der Waals surface area contributed by atoms with Gasteiger partial charge in [-0.1, -0.05) is 71.1 Å². The van der Waals surface area contributed by atoms with Gasteiger partial charge in [0.25, 0.3) is 0 Å². The van der Waals surface area contributed by atoms with Crippen molar-refractivity contribution in [2.45, 2.75) is 95.6 Å². The summed E-state index contributed by atoms with van der Waals surface area (Å²) < 4.78 is 33.8. The predicted molar refractivity (Wildman–Crippen MR) is 86.3 cm³/mol. The van der Waals surface area contributed by atoms with Crippen LogP contribution in [0.5, 0.6) is 0 Å². The van der Waals surface area contributed by atoms with Crippen molar-refractivity contribution in [3.05, 3.63) is 0 Å². The van der Waals surface area contributed by atoms with Gasteiger partial charge in [0.2, 0.25) is 0 Å². The second-order valence-corrected chi connectivity index (χ2v) is 7.60. The summed E-state index contributed by atoms with van der Waals surface area (Å²) in [6, 6.07) is 0. The van der Waals surface area contributed by atoms with Gasteiger partial charge in [0.05, 0.1) is 10.1 Å². The van der Waals surface area contributed by atoms with Crippen LogP contribution in [0.4, 0.5) is 0 Å². The monoisotopic (exact) mass is 360 g/mol. The van der Waals surface area contributed by atoms with Crippen LogP contribution in [0.2, 0.25) is 0 Å². The van der Waals surface area contributed by atoms with Gasteiger partial charge in [-0.15, -0.1) is 0 Å². The molecular formula is C16H33KO4S. The number of unbranched alkanes of at least 4 members (excludes halogenated alkanes) is 9. The number of aliphatic hydroxyl groups is 1. The summed E-state index contributed by atoms with van der Waals surface area (Å²) in [6.45, 7) is 2.39. The topological polar surface area (TPSA) is 77.4 Å². The SMILES string of the molecule is CCCCCCCC(CCCCCCCCO)S(=O)(=O)[O-].[K+]. The van der Waals surface area contributed by atoms with Crippen molar-refractivity contribution in [3.63, 3.8) is 0 Å². The zero-order valence-corrected chi connectivity index (χ0v) is 18.5. The van der Waals surface area contributed by atoms with Crippen LogP contribution in [-0.4, -0.2) is 29.9 Å². The first-order valence-corrected chi connectivity index (χ1v) is 10.0. The minimum absolute atomic E-state index is 0. The van der Waals surface area contributed by atoms with Gasteiger partial charge in [-0.05, 0) is 19.3 Å². The normalized spacial score (nSPS) is 12.9. The molecule has 1 N–H and O–H groups in total. The van der Waals surface area contributed by atoms with Crippen molar-refractivity contribution >= 4 is 10.1 Å². The van der Waals surface area contributed by atoms with E-state index in [1.165, 1.54) is 12.8 Å². The van der Waals surface area contributed by atoms with Crippen LogP contribution in [0.1, 0.15) is 90.4 Å². The third kappa shape index (κ3) is 16.4. The molecule has 0 heterocycles. The Bertz CT molecular complexity index is 320. The zero-order chi connectivity index (χ0) is 16.0. The van der Waals surface area contributed by atoms with Gasteiger partial charge in [-0.3, -0.25) is 0 Å². The largest absolute Gasteiger partial charge is 1.00 e. The van der Waals surface area contributed by atoms with Crippen LogP contribution in [0, 0.1) is 0 Å². The summed E-state index contributed by atoms with van der Waals surface area (Å²) in [5.74, 6) is 0. The summed E-state index contributed by atoms with van der Waals surface area (Å²) >= 11 is 0. The van der Waals surface area contributed by atoms with Crippen LogP contribution in [0.15, 0.2) is 0 Å². The van der Waals surface area contributed by atoms with E-state index in [0.717, 1.165) is 57.8 Å². The molecule has 0 aliphatic rings. The fraction of sp³-hybridized carbons (Fsp3) is 1.00. The molecule has 0 bridgehead atoms. The molecule has 0 rings (SSSR count). The van der Waals surface area contributed by atoms with Gasteiger partial charge in [-0.2, -0.15) is 0 Å². The third-order valence-electron chi connectivity index (χ3n) is 3.97.